The van der Waals surface area contributed by atoms with Crippen LogP contribution in [0.25, 0.3) is 0 Å². The predicted octanol–water partition coefficient (Wildman–Crippen LogP) is 2.67. The third-order valence-electron chi connectivity index (χ3n) is 3.33. The number of carbonyl (C=O) groups is 2. The molecule has 2 aromatic rings. The van der Waals surface area contributed by atoms with Crippen molar-refractivity contribution in [1.82, 2.24) is 10.2 Å². The molecule has 0 saturated heterocycles. The number of amides is 2. The van der Waals surface area contributed by atoms with Crippen LogP contribution >= 0.6 is 11.6 Å². The molecule has 0 aliphatic heterocycles. The smallest absolute Gasteiger partial charge is 0.243 e. The van der Waals surface area contributed by atoms with E-state index < -0.39 is 0 Å². The zero-order chi connectivity index (χ0) is 18.2. The first kappa shape index (κ1) is 18.9. The maximum atomic E-state index is 12.8. The molecule has 2 aromatic carbocycles. The van der Waals surface area contributed by atoms with Gasteiger partial charge in [-0.05, 0) is 49.0 Å². The SMILES string of the molecule is CN(CC(=O)NCC(=O)Nc1ccc(F)cc1)Cc1cccc(Cl)c1. The highest BCUT2D eigenvalue weighted by Crippen LogP contribution is 2.12. The summed E-state index contributed by atoms with van der Waals surface area (Å²) in [5.41, 5.74) is 1.47. The van der Waals surface area contributed by atoms with Crippen LogP contribution in [0.1, 0.15) is 5.56 Å². The first-order valence-electron chi connectivity index (χ1n) is 7.67. The van der Waals surface area contributed by atoms with Gasteiger partial charge in [-0.2, -0.15) is 0 Å². The van der Waals surface area contributed by atoms with Crippen molar-refractivity contribution < 1.29 is 14.0 Å². The Labute approximate surface area is 150 Å². The van der Waals surface area contributed by atoms with E-state index in [1.54, 1.807) is 13.1 Å². The van der Waals surface area contributed by atoms with Crippen molar-refractivity contribution >= 4 is 29.1 Å². The molecule has 2 N–H and O–H groups in total. The summed E-state index contributed by atoms with van der Waals surface area (Å²) in [7, 11) is 1.80. The quantitative estimate of drug-likeness (QED) is 0.795. The molecule has 25 heavy (non-hydrogen) atoms. The normalized spacial score (nSPS) is 10.6. The van der Waals surface area contributed by atoms with Crippen molar-refractivity contribution in [2.75, 3.05) is 25.5 Å². The summed E-state index contributed by atoms with van der Waals surface area (Å²) in [5.74, 6) is -1.02. The summed E-state index contributed by atoms with van der Waals surface area (Å²) >= 11 is 5.93. The van der Waals surface area contributed by atoms with Gasteiger partial charge in [-0.1, -0.05) is 23.7 Å². The van der Waals surface area contributed by atoms with Gasteiger partial charge in [0.15, 0.2) is 0 Å². The maximum Gasteiger partial charge on any atom is 0.243 e. The largest absolute Gasteiger partial charge is 0.346 e. The third-order valence-corrected chi connectivity index (χ3v) is 3.56. The summed E-state index contributed by atoms with van der Waals surface area (Å²) in [5, 5.41) is 5.77. The average molecular weight is 364 g/mol. The van der Waals surface area contributed by atoms with Crippen LogP contribution in [0.2, 0.25) is 5.02 Å². The molecule has 0 spiro atoms. The molecule has 0 aliphatic carbocycles. The second kappa shape index (κ2) is 9.15. The van der Waals surface area contributed by atoms with Gasteiger partial charge in [0.2, 0.25) is 11.8 Å². The average Bonchev–Trinajstić information content (AvgIpc) is 2.55. The molecule has 2 rings (SSSR count). The Morgan fingerprint density at radius 1 is 1.12 bits per heavy atom. The number of rotatable bonds is 7. The first-order chi connectivity index (χ1) is 11.9. The van der Waals surface area contributed by atoms with Crippen LogP contribution in [-0.4, -0.2) is 36.9 Å². The van der Waals surface area contributed by atoms with E-state index in [2.05, 4.69) is 10.6 Å². The minimum atomic E-state index is -0.381. The van der Waals surface area contributed by atoms with Crippen molar-refractivity contribution in [2.45, 2.75) is 6.54 Å². The lowest BCUT2D eigenvalue weighted by Gasteiger charge is -2.16. The Hall–Kier alpha value is -2.44. The van der Waals surface area contributed by atoms with Crippen LogP contribution in [0.3, 0.4) is 0 Å². The second-order valence-electron chi connectivity index (χ2n) is 5.63. The van der Waals surface area contributed by atoms with Crippen molar-refractivity contribution in [3.63, 3.8) is 0 Å². The van der Waals surface area contributed by atoms with Crippen LogP contribution in [0, 0.1) is 5.82 Å². The maximum absolute atomic E-state index is 12.8. The van der Waals surface area contributed by atoms with E-state index in [1.165, 1.54) is 24.3 Å². The number of carbonyl (C=O) groups excluding carboxylic acids is 2. The van der Waals surface area contributed by atoms with Crippen molar-refractivity contribution in [2.24, 2.45) is 0 Å². The lowest BCUT2D eigenvalue weighted by atomic mass is 10.2. The zero-order valence-corrected chi connectivity index (χ0v) is 14.5. The van der Waals surface area contributed by atoms with E-state index in [0.29, 0.717) is 17.3 Å². The number of anilines is 1. The number of nitrogens with zero attached hydrogens (tertiary/aromatic N) is 1. The van der Waals surface area contributed by atoms with E-state index in [1.807, 2.05) is 23.1 Å². The fourth-order valence-corrected chi connectivity index (χ4v) is 2.43. The Morgan fingerprint density at radius 2 is 1.84 bits per heavy atom. The van der Waals surface area contributed by atoms with E-state index in [4.69, 9.17) is 11.6 Å². The number of hydrogen-bond acceptors (Lipinski definition) is 3. The molecule has 2 amide bonds. The van der Waals surface area contributed by atoms with Gasteiger partial charge in [0.05, 0.1) is 13.1 Å². The Kier molecular flexibility index (Phi) is 6.91. The van der Waals surface area contributed by atoms with Gasteiger partial charge in [0.25, 0.3) is 0 Å². The number of benzene rings is 2. The molecule has 0 fully saturated rings. The Bertz CT molecular complexity index is 737. The van der Waals surface area contributed by atoms with Gasteiger partial charge in [-0.25, -0.2) is 4.39 Å². The molecular formula is C18H19ClFN3O2. The molecule has 0 saturated carbocycles. The minimum absolute atomic E-state index is 0.149. The third kappa shape index (κ3) is 6.91. The zero-order valence-electron chi connectivity index (χ0n) is 13.8. The van der Waals surface area contributed by atoms with E-state index in [-0.39, 0.29) is 30.7 Å². The first-order valence-corrected chi connectivity index (χ1v) is 8.05. The molecule has 0 bridgehead atoms. The van der Waals surface area contributed by atoms with Crippen LogP contribution in [-0.2, 0) is 16.1 Å². The topological polar surface area (TPSA) is 61.4 Å². The van der Waals surface area contributed by atoms with Crippen LogP contribution in [0.15, 0.2) is 48.5 Å². The van der Waals surface area contributed by atoms with Crippen molar-refractivity contribution in [3.05, 3.63) is 64.9 Å². The second-order valence-corrected chi connectivity index (χ2v) is 6.07. The van der Waals surface area contributed by atoms with E-state index in [9.17, 15) is 14.0 Å². The fourth-order valence-electron chi connectivity index (χ4n) is 2.22. The predicted molar refractivity (Wildman–Crippen MR) is 95.8 cm³/mol. The number of nitrogens with one attached hydrogen (secondary N) is 2. The molecule has 0 atom stereocenters. The Morgan fingerprint density at radius 3 is 2.52 bits per heavy atom. The summed E-state index contributed by atoms with van der Waals surface area (Å²) in [6.07, 6.45) is 0. The van der Waals surface area contributed by atoms with Gasteiger partial charge in [-0.3, -0.25) is 14.5 Å². The highest BCUT2D eigenvalue weighted by Gasteiger charge is 2.09. The number of halogens is 2. The van der Waals surface area contributed by atoms with Gasteiger partial charge in [-0.15, -0.1) is 0 Å². The van der Waals surface area contributed by atoms with Crippen LogP contribution in [0.5, 0.6) is 0 Å². The molecule has 7 heteroatoms. The summed E-state index contributed by atoms with van der Waals surface area (Å²) in [6, 6.07) is 12.8. The number of hydrogen-bond donors (Lipinski definition) is 2. The number of likely N-dealkylation sites (N-methyl/N-ethyl adjacent to an activating group) is 1. The van der Waals surface area contributed by atoms with Gasteiger partial charge < -0.3 is 10.6 Å². The molecule has 0 aromatic heterocycles. The van der Waals surface area contributed by atoms with E-state index in [0.717, 1.165) is 5.56 Å². The molecule has 0 unspecified atom stereocenters. The Balaban J connectivity index is 1.72. The standard InChI is InChI=1S/C18H19ClFN3O2/c1-23(11-13-3-2-4-14(19)9-13)12-18(25)21-10-17(24)22-16-7-5-15(20)6-8-16/h2-9H,10-12H2,1H3,(H,21,25)(H,22,24). The monoisotopic (exact) mass is 363 g/mol. The fraction of sp³-hybridized carbons (Fsp3) is 0.222. The highest BCUT2D eigenvalue weighted by molar-refractivity contribution is 6.30. The molecule has 0 radical (unpaired) electrons. The van der Waals surface area contributed by atoms with Gasteiger partial charge in [0.1, 0.15) is 5.82 Å². The molecule has 0 heterocycles. The van der Waals surface area contributed by atoms with E-state index >= 15 is 0 Å². The van der Waals surface area contributed by atoms with Crippen LogP contribution < -0.4 is 10.6 Å². The molecular weight excluding hydrogens is 345 g/mol. The lowest BCUT2D eigenvalue weighted by molar-refractivity contribution is -0.124. The minimum Gasteiger partial charge on any atom is -0.346 e. The summed E-state index contributed by atoms with van der Waals surface area (Å²) in [6.45, 7) is 0.563. The van der Waals surface area contributed by atoms with Crippen molar-refractivity contribution in [3.8, 4) is 0 Å². The highest BCUT2D eigenvalue weighted by atomic mass is 35.5. The molecule has 0 aliphatic rings. The summed E-state index contributed by atoms with van der Waals surface area (Å²) < 4.78 is 12.8. The lowest BCUT2D eigenvalue weighted by Crippen LogP contribution is -2.39. The molecule has 5 nitrogen and oxygen atoms in total. The van der Waals surface area contributed by atoms with Crippen molar-refractivity contribution in [1.29, 1.82) is 0 Å². The van der Waals surface area contributed by atoms with Crippen LogP contribution in [0.4, 0.5) is 10.1 Å². The van der Waals surface area contributed by atoms with Gasteiger partial charge in [0, 0.05) is 17.3 Å². The summed E-state index contributed by atoms with van der Waals surface area (Å²) in [4.78, 5) is 25.5. The molecule has 132 valence electrons. The van der Waals surface area contributed by atoms with Gasteiger partial charge >= 0.3 is 0 Å².